The highest BCUT2D eigenvalue weighted by molar-refractivity contribution is 7.99. The Hall–Kier alpha value is -3.38. The summed E-state index contributed by atoms with van der Waals surface area (Å²) in [5, 5.41) is 3.58. The Labute approximate surface area is 160 Å². The number of aromatic nitrogens is 2. The zero-order chi connectivity index (χ0) is 18.5. The number of oxazole rings is 1. The molecule has 2 heterocycles. The van der Waals surface area contributed by atoms with Crippen molar-refractivity contribution >= 4 is 23.4 Å². The van der Waals surface area contributed by atoms with Crippen LogP contribution in [0.25, 0.3) is 11.3 Å². The lowest BCUT2D eigenvalue weighted by Crippen LogP contribution is -2.13. The summed E-state index contributed by atoms with van der Waals surface area (Å²) in [4.78, 5) is 22.0. The lowest BCUT2D eigenvalue weighted by Gasteiger charge is -2.09. The van der Waals surface area contributed by atoms with Crippen LogP contribution in [-0.2, 0) is 0 Å². The van der Waals surface area contributed by atoms with Crippen molar-refractivity contribution in [1.29, 1.82) is 0 Å². The van der Waals surface area contributed by atoms with Gasteiger partial charge >= 0.3 is 0 Å². The molecule has 0 bridgehead atoms. The van der Waals surface area contributed by atoms with Crippen LogP contribution in [0.3, 0.4) is 0 Å². The Morgan fingerprint density at radius 3 is 2.52 bits per heavy atom. The molecular formula is C21H15N3O2S. The van der Waals surface area contributed by atoms with Gasteiger partial charge < -0.3 is 9.73 Å². The molecular weight excluding hydrogens is 358 g/mol. The quantitative estimate of drug-likeness (QED) is 0.525. The number of carbonyl (C=O) groups excluding carboxylic acids is 1. The van der Waals surface area contributed by atoms with Crippen LogP contribution in [0.15, 0.2) is 99.9 Å². The number of pyridine rings is 1. The summed E-state index contributed by atoms with van der Waals surface area (Å²) < 4.78 is 5.27. The lowest BCUT2D eigenvalue weighted by molar-refractivity contribution is 0.102. The summed E-state index contributed by atoms with van der Waals surface area (Å²) in [6, 6.07) is 20.8. The van der Waals surface area contributed by atoms with E-state index in [9.17, 15) is 4.79 Å². The highest BCUT2D eigenvalue weighted by Crippen LogP contribution is 2.29. The van der Waals surface area contributed by atoms with Crippen LogP contribution >= 0.6 is 11.8 Å². The average Bonchev–Trinajstić information content (AvgIpc) is 3.25. The van der Waals surface area contributed by atoms with Gasteiger partial charge in [0.15, 0.2) is 12.2 Å². The van der Waals surface area contributed by atoms with E-state index in [4.69, 9.17) is 4.42 Å². The molecule has 0 spiro atoms. The van der Waals surface area contributed by atoms with Gasteiger partial charge in [-0.25, -0.2) is 9.97 Å². The fourth-order valence-electron chi connectivity index (χ4n) is 2.52. The van der Waals surface area contributed by atoms with E-state index in [0.29, 0.717) is 22.0 Å². The van der Waals surface area contributed by atoms with Crippen molar-refractivity contribution < 1.29 is 9.21 Å². The number of amides is 1. The second-order valence-electron chi connectivity index (χ2n) is 5.67. The first-order chi connectivity index (χ1) is 13.3. The van der Waals surface area contributed by atoms with Crippen molar-refractivity contribution in [3.63, 3.8) is 0 Å². The molecule has 6 heteroatoms. The van der Waals surface area contributed by atoms with Crippen molar-refractivity contribution in [2.45, 2.75) is 9.92 Å². The lowest BCUT2D eigenvalue weighted by atomic mass is 10.1. The van der Waals surface area contributed by atoms with Crippen molar-refractivity contribution in [2.24, 2.45) is 0 Å². The smallest absolute Gasteiger partial charge is 0.258 e. The number of benzene rings is 2. The standard InChI is InChI=1S/C21H15N3O2S/c25-20(24-16-10-8-15(9-11-16)19-13-22-14-26-19)18-7-4-12-23-21(18)27-17-5-2-1-3-6-17/h1-14H,(H,24,25). The third kappa shape index (κ3) is 4.07. The third-order valence-corrected chi connectivity index (χ3v) is 4.86. The van der Waals surface area contributed by atoms with Crippen LogP contribution in [-0.4, -0.2) is 15.9 Å². The summed E-state index contributed by atoms with van der Waals surface area (Å²) >= 11 is 1.46. The van der Waals surface area contributed by atoms with Crippen LogP contribution in [0.1, 0.15) is 10.4 Å². The van der Waals surface area contributed by atoms with Crippen LogP contribution in [0.5, 0.6) is 0 Å². The van der Waals surface area contributed by atoms with Gasteiger partial charge in [-0.1, -0.05) is 30.0 Å². The number of hydrogen-bond acceptors (Lipinski definition) is 5. The maximum atomic E-state index is 12.7. The monoisotopic (exact) mass is 373 g/mol. The molecule has 0 aliphatic carbocycles. The van der Waals surface area contributed by atoms with E-state index in [-0.39, 0.29) is 5.91 Å². The van der Waals surface area contributed by atoms with Crippen LogP contribution in [0, 0.1) is 0 Å². The van der Waals surface area contributed by atoms with E-state index >= 15 is 0 Å². The summed E-state index contributed by atoms with van der Waals surface area (Å²) in [5.41, 5.74) is 2.13. The molecule has 0 radical (unpaired) electrons. The Balaban J connectivity index is 1.52. The minimum absolute atomic E-state index is 0.200. The summed E-state index contributed by atoms with van der Waals surface area (Å²) in [7, 11) is 0. The van der Waals surface area contributed by atoms with Gasteiger partial charge in [-0.3, -0.25) is 4.79 Å². The van der Waals surface area contributed by atoms with E-state index in [1.807, 2.05) is 54.6 Å². The molecule has 0 saturated carbocycles. The Morgan fingerprint density at radius 2 is 1.78 bits per heavy atom. The maximum Gasteiger partial charge on any atom is 0.258 e. The largest absolute Gasteiger partial charge is 0.444 e. The number of hydrogen-bond donors (Lipinski definition) is 1. The Bertz CT molecular complexity index is 1030. The zero-order valence-corrected chi connectivity index (χ0v) is 15.0. The third-order valence-electron chi connectivity index (χ3n) is 3.83. The molecule has 0 aliphatic heterocycles. The summed E-state index contributed by atoms with van der Waals surface area (Å²) in [6.45, 7) is 0. The van der Waals surface area contributed by atoms with Gasteiger partial charge in [0.05, 0.1) is 11.8 Å². The van der Waals surface area contributed by atoms with E-state index in [2.05, 4.69) is 15.3 Å². The molecule has 5 nitrogen and oxygen atoms in total. The highest BCUT2D eigenvalue weighted by Gasteiger charge is 2.14. The number of anilines is 1. The second kappa shape index (κ2) is 7.88. The molecule has 0 unspecified atom stereocenters. The van der Waals surface area contributed by atoms with Gasteiger partial charge in [0.1, 0.15) is 5.03 Å². The molecule has 4 aromatic rings. The van der Waals surface area contributed by atoms with Gasteiger partial charge in [-0.15, -0.1) is 0 Å². The molecule has 4 rings (SSSR count). The van der Waals surface area contributed by atoms with E-state index in [0.717, 1.165) is 10.5 Å². The van der Waals surface area contributed by atoms with Gasteiger partial charge in [-0.05, 0) is 48.5 Å². The fourth-order valence-corrected chi connectivity index (χ4v) is 3.42. The number of carbonyl (C=O) groups is 1. The summed E-state index contributed by atoms with van der Waals surface area (Å²) in [5.74, 6) is 0.482. The van der Waals surface area contributed by atoms with Gasteiger partial charge in [0.25, 0.3) is 5.91 Å². The van der Waals surface area contributed by atoms with Crippen molar-refractivity contribution in [3.8, 4) is 11.3 Å². The fraction of sp³-hybridized carbons (Fsp3) is 0. The minimum Gasteiger partial charge on any atom is -0.444 e. The first-order valence-electron chi connectivity index (χ1n) is 8.28. The molecule has 1 amide bonds. The molecule has 27 heavy (non-hydrogen) atoms. The first kappa shape index (κ1) is 17.1. The van der Waals surface area contributed by atoms with Crippen LogP contribution in [0.4, 0.5) is 5.69 Å². The maximum absolute atomic E-state index is 12.7. The Morgan fingerprint density at radius 1 is 0.963 bits per heavy atom. The number of rotatable bonds is 5. The van der Waals surface area contributed by atoms with Crippen LogP contribution < -0.4 is 5.32 Å². The van der Waals surface area contributed by atoms with Crippen LogP contribution in [0.2, 0.25) is 0 Å². The molecule has 0 aliphatic rings. The summed E-state index contributed by atoms with van der Waals surface area (Å²) in [6.07, 6.45) is 4.73. The molecule has 0 saturated heterocycles. The highest BCUT2D eigenvalue weighted by atomic mass is 32.2. The first-order valence-corrected chi connectivity index (χ1v) is 9.09. The zero-order valence-electron chi connectivity index (χ0n) is 14.2. The van der Waals surface area contributed by atoms with Gasteiger partial charge in [-0.2, -0.15) is 0 Å². The van der Waals surface area contributed by atoms with Gasteiger partial charge in [0, 0.05) is 22.3 Å². The van der Waals surface area contributed by atoms with Crippen molar-refractivity contribution in [1.82, 2.24) is 9.97 Å². The molecule has 0 atom stereocenters. The van der Waals surface area contributed by atoms with E-state index < -0.39 is 0 Å². The molecule has 1 N–H and O–H groups in total. The van der Waals surface area contributed by atoms with Crippen molar-refractivity contribution in [2.75, 3.05) is 5.32 Å². The SMILES string of the molecule is O=C(Nc1ccc(-c2cnco2)cc1)c1cccnc1Sc1ccccc1. The van der Waals surface area contributed by atoms with Gasteiger partial charge in [0.2, 0.25) is 0 Å². The molecule has 2 aromatic heterocycles. The molecule has 0 fully saturated rings. The number of nitrogens with one attached hydrogen (secondary N) is 1. The van der Waals surface area contributed by atoms with E-state index in [1.165, 1.54) is 18.2 Å². The predicted molar refractivity (Wildman–Crippen MR) is 105 cm³/mol. The topological polar surface area (TPSA) is 68.0 Å². The predicted octanol–water partition coefficient (Wildman–Crippen LogP) is 5.14. The second-order valence-corrected chi connectivity index (χ2v) is 6.73. The average molecular weight is 373 g/mol. The molecule has 132 valence electrons. The number of nitrogens with zero attached hydrogens (tertiary/aromatic N) is 2. The van der Waals surface area contributed by atoms with Crippen molar-refractivity contribution in [3.05, 3.63) is 91.1 Å². The molecule has 2 aromatic carbocycles. The van der Waals surface area contributed by atoms with E-state index in [1.54, 1.807) is 24.5 Å². The normalized spacial score (nSPS) is 10.5. The Kier molecular flexibility index (Phi) is 4.98. The minimum atomic E-state index is -0.200.